The van der Waals surface area contributed by atoms with E-state index in [-0.39, 0.29) is 0 Å². The highest BCUT2D eigenvalue weighted by Crippen LogP contribution is 2.33. The third-order valence-electron chi connectivity index (χ3n) is 3.25. The molecule has 0 saturated heterocycles. The second-order valence-electron chi connectivity index (χ2n) is 4.60. The Morgan fingerprint density at radius 1 is 1.09 bits per heavy atom. The Kier molecular flexibility index (Phi) is 1.92. The average molecular weight is 153 g/mol. The number of nitrogens with one attached hydrogen (secondary N) is 1. The lowest BCUT2D eigenvalue weighted by atomic mass is 10.1. The molecule has 2 rings (SSSR count). The second-order valence-corrected chi connectivity index (χ2v) is 4.60. The summed E-state index contributed by atoms with van der Waals surface area (Å²) in [5, 5.41) is 3.73. The van der Waals surface area contributed by atoms with Crippen molar-refractivity contribution >= 4 is 0 Å². The van der Waals surface area contributed by atoms with Crippen molar-refractivity contribution in [2.45, 2.75) is 51.6 Å². The summed E-state index contributed by atoms with van der Waals surface area (Å²) in [6.45, 7) is 4.72. The Morgan fingerprint density at radius 2 is 1.82 bits per heavy atom. The Balaban J connectivity index is 1.71. The van der Waals surface area contributed by atoms with E-state index < -0.39 is 0 Å². The van der Waals surface area contributed by atoms with E-state index in [0.717, 1.165) is 23.9 Å². The fourth-order valence-corrected chi connectivity index (χ4v) is 2.22. The van der Waals surface area contributed by atoms with E-state index in [2.05, 4.69) is 19.2 Å². The first-order valence-corrected chi connectivity index (χ1v) is 5.01. The molecular formula is C10H19N. The molecule has 0 aromatic heterocycles. The van der Waals surface area contributed by atoms with Crippen LogP contribution in [0.1, 0.15) is 39.5 Å². The van der Waals surface area contributed by atoms with Gasteiger partial charge in [-0.25, -0.2) is 0 Å². The molecule has 2 saturated carbocycles. The van der Waals surface area contributed by atoms with Crippen LogP contribution in [-0.4, -0.2) is 12.1 Å². The standard InChI is InChI=1S/C10H19N/c1-7-3-4-9(5-7)11-10-6-8(10)2/h7-11H,3-6H2,1-2H3/t7?,8-,9?,10-/m1/s1. The number of rotatable bonds is 2. The van der Waals surface area contributed by atoms with Crippen molar-refractivity contribution in [3.63, 3.8) is 0 Å². The van der Waals surface area contributed by atoms with Gasteiger partial charge in [0.2, 0.25) is 0 Å². The van der Waals surface area contributed by atoms with Crippen LogP contribution in [0.3, 0.4) is 0 Å². The van der Waals surface area contributed by atoms with Crippen LogP contribution < -0.4 is 5.32 Å². The van der Waals surface area contributed by atoms with Crippen LogP contribution in [0, 0.1) is 11.8 Å². The van der Waals surface area contributed by atoms with Gasteiger partial charge in [-0.1, -0.05) is 13.8 Å². The molecule has 1 heteroatoms. The molecule has 11 heavy (non-hydrogen) atoms. The third kappa shape index (κ3) is 1.76. The van der Waals surface area contributed by atoms with Crippen molar-refractivity contribution in [2.24, 2.45) is 11.8 Å². The Hall–Kier alpha value is -0.0400. The third-order valence-corrected chi connectivity index (χ3v) is 3.25. The highest BCUT2D eigenvalue weighted by molar-refractivity contribution is 4.93. The molecule has 2 aliphatic carbocycles. The second kappa shape index (κ2) is 2.78. The molecule has 1 N–H and O–H groups in total. The van der Waals surface area contributed by atoms with Crippen LogP contribution in [0.2, 0.25) is 0 Å². The first kappa shape index (κ1) is 7.60. The molecule has 0 aromatic carbocycles. The van der Waals surface area contributed by atoms with Crippen LogP contribution in [-0.2, 0) is 0 Å². The first-order valence-electron chi connectivity index (χ1n) is 5.01. The Labute approximate surface area is 69.6 Å². The summed E-state index contributed by atoms with van der Waals surface area (Å²) in [5.41, 5.74) is 0. The normalized spacial score (nSPS) is 49.6. The minimum Gasteiger partial charge on any atom is -0.311 e. The van der Waals surface area contributed by atoms with E-state index in [9.17, 15) is 0 Å². The Bertz CT molecular complexity index is 144. The molecule has 0 heterocycles. The molecule has 0 amide bonds. The van der Waals surface area contributed by atoms with Gasteiger partial charge < -0.3 is 5.32 Å². The fraction of sp³-hybridized carbons (Fsp3) is 1.00. The molecule has 0 radical (unpaired) electrons. The van der Waals surface area contributed by atoms with Crippen LogP contribution in [0.4, 0.5) is 0 Å². The van der Waals surface area contributed by atoms with Gasteiger partial charge in [0.25, 0.3) is 0 Å². The summed E-state index contributed by atoms with van der Waals surface area (Å²) in [5.74, 6) is 1.94. The van der Waals surface area contributed by atoms with E-state index in [4.69, 9.17) is 0 Å². The monoisotopic (exact) mass is 153 g/mol. The van der Waals surface area contributed by atoms with Crippen molar-refractivity contribution in [3.05, 3.63) is 0 Å². The molecule has 0 spiro atoms. The molecule has 64 valence electrons. The van der Waals surface area contributed by atoms with Crippen molar-refractivity contribution in [3.8, 4) is 0 Å². The van der Waals surface area contributed by atoms with Crippen LogP contribution in [0.25, 0.3) is 0 Å². The van der Waals surface area contributed by atoms with Crippen LogP contribution in [0.5, 0.6) is 0 Å². The first-order chi connectivity index (χ1) is 5.25. The van der Waals surface area contributed by atoms with Gasteiger partial charge in [0, 0.05) is 12.1 Å². The largest absolute Gasteiger partial charge is 0.311 e. The molecule has 2 unspecified atom stereocenters. The summed E-state index contributed by atoms with van der Waals surface area (Å²) < 4.78 is 0. The maximum absolute atomic E-state index is 3.73. The molecule has 1 nitrogen and oxygen atoms in total. The van der Waals surface area contributed by atoms with Gasteiger partial charge in [0.15, 0.2) is 0 Å². The SMILES string of the molecule is CC1CCC(N[C@@H]2C[C@H]2C)C1. The predicted molar refractivity (Wildman–Crippen MR) is 47.5 cm³/mol. The summed E-state index contributed by atoms with van der Waals surface area (Å²) in [4.78, 5) is 0. The lowest BCUT2D eigenvalue weighted by Crippen LogP contribution is -2.29. The molecule has 2 fully saturated rings. The lowest BCUT2D eigenvalue weighted by molar-refractivity contribution is 0.489. The zero-order valence-electron chi connectivity index (χ0n) is 7.64. The smallest absolute Gasteiger partial charge is 0.00989 e. The van der Waals surface area contributed by atoms with Gasteiger partial charge in [-0.05, 0) is 37.5 Å². The van der Waals surface area contributed by atoms with E-state index >= 15 is 0 Å². The summed E-state index contributed by atoms with van der Waals surface area (Å²) >= 11 is 0. The topological polar surface area (TPSA) is 12.0 Å². The van der Waals surface area contributed by atoms with Gasteiger partial charge in [0.05, 0.1) is 0 Å². The van der Waals surface area contributed by atoms with Crippen LogP contribution >= 0.6 is 0 Å². The van der Waals surface area contributed by atoms with E-state index in [1.54, 1.807) is 0 Å². The number of hydrogen-bond donors (Lipinski definition) is 1. The Morgan fingerprint density at radius 3 is 2.27 bits per heavy atom. The van der Waals surface area contributed by atoms with E-state index in [1.165, 1.54) is 25.7 Å². The molecular weight excluding hydrogens is 134 g/mol. The summed E-state index contributed by atoms with van der Waals surface area (Å²) in [7, 11) is 0. The van der Waals surface area contributed by atoms with Gasteiger partial charge >= 0.3 is 0 Å². The average Bonchev–Trinajstić information content (AvgIpc) is 2.42. The minimum absolute atomic E-state index is 0.861. The minimum atomic E-state index is 0.861. The lowest BCUT2D eigenvalue weighted by Gasteiger charge is -2.10. The summed E-state index contributed by atoms with van der Waals surface area (Å²) in [6, 6.07) is 1.74. The predicted octanol–water partition coefficient (Wildman–Crippen LogP) is 2.17. The zero-order valence-corrected chi connectivity index (χ0v) is 7.64. The van der Waals surface area contributed by atoms with Gasteiger partial charge in [-0.3, -0.25) is 0 Å². The summed E-state index contributed by atoms with van der Waals surface area (Å²) in [6.07, 6.45) is 5.71. The van der Waals surface area contributed by atoms with Crippen molar-refractivity contribution < 1.29 is 0 Å². The fourth-order valence-electron chi connectivity index (χ4n) is 2.22. The maximum atomic E-state index is 3.73. The zero-order chi connectivity index (χ0) is 7.84. The maximum Gasteiger partial charge on any atom is 0.00989 e. The molecule has 0 bridgehead atoms. The molecule has 0 aromatic rings. The van der Waals surface area contributed by atoms with Gasteiger partial charge in [0.1, 0.15) is 0 Å². The highest BCUT2D eigenvalue weighted by Gasteiger charge is 2.35. The van der Waals surface area contributed by atoms with Crippen molar-refractivity contribution in [1.29, 1.82) is 0 Å². The quantitative estimate of drug-likeness (QED) is 0.641. The molecule has 4 atom stereocenters. The van der Waals surface area contributed by atoms with E-state index in [1.807, 2.05) is 0 Å². The van der Waals surface area contributed by atoms with Crippen molar-refractivity contribution in [2.75, 3.05) is 0 Å². The van der Waals surface area contributed by atoms with Gasteiger partial charge in [-0.15, -0.1) is 0 Å². The molecule has 0 aliphatic heterocycles. The van der Waals surface area contributed by atoms with Crippen LogP contribution in [0.15, 0.2) is 0 Å². The van der Waals surface area contributed by atoms with E-state index in [0.29, 0.717) is 0 Å². The van der Waals surface area contributed by atoms with Gasteiger partial charge in [-0.2, -0.15) is 0 Å². The number of hydrogen-bond acceptors (Lipinski definition) is 1. The van der Waals surface area contributed by atoms with Crippen molar-refractivity contribution in [1.82, 2.24) is 5.32 Å². The highest BCUT2D eigenvalue weighted by atomic mass is 15.0. The molecule has 2 aliphatic rings.